The number of hydrogen-bond donors (Lipinski definition) is 2. The maximum atomic E-state index is 5.80. The van der Waals surface area contributed by atoms with E-state index in [4.69, 9.17) is 11.6 Å². The Morgan fingerprint density at radius 2 is 2.08 bits per heavy atom. The highest BCUT2D eigenvalue weighted by molar-refractivity contribution is 14.0. The molecule has 0 atom stereocenters. The second-order valence-electron chi connectivity index (χ2n) is 6.01. The number of thiazole rings is 1. The predicted molar refractivity (Wildman–Crippen MR) is 122 cm³/mol. The van der Waals surface area contributed by atoms with Crippen molar-refractivity contribution in [3.8, 4) is 0 Å². The normalized spacial score (nSPS) is 11.3. The van der Waals surface area contributed by atoms with Crippen LogP contribution < -0.4 is 10.6 Å². The molecule has 0 saturated carbocycles. The summed E-state index contributed by atoms with van der Waals surface area (Å²) in [7, 11) is 0. The van der Waals surface area contributed by atoms with E-state index in [9.17, 15) is 0 Å². The summed E-state index contributed by atoms with van der Waals surface area (Å²) in [5.74, 6) is 1.33. The van der Waals surface area contributed by atoms with Gasteiger partial charge in [-0.2, -0.15) is 0 Å². The van der Waals surface area contributed by atoms with E-state index in [2.05, 4.69) is 51.7 Å². The molecule has 5 nitrogen and oxygen atoms in total. The van der Waals surface area contributed by atoms with E-state index in [1.807, 2.05) is 18.3 Å². The number of aliphatic imine (C=N–C) groups is 1. The van der Waals surface area contributed by atoms with E-state index in [0.717, 1.165) is 49.7 Å². The van der Waals surface area contributed by atoms with Crippen LogP contribution in [0.3, 0.4) is 0 Å². The Bertz CT molecular complexity index is 672. The topological polar surface area (TPSA) is 62.2 Å². The van der Waals surface area contributed by atoms with Crippen LogP contribution in [0.1, 0.15) is 43.0 Å². The molecule has 2 heterocycles. The summed E-state index contributed by atoms with van der Waals surface area (Å²) in [4.78, 5) is 13.4. The first-order chi connectivity index (χ1) is 12.1. The average Bonchev–Trinajstić information content (AvgIpc) is 3.06. The van der Waals surface area contributed by atoms with Gasteiger partial charge in [-0.15, -0.1) is 35.3 Å². The van der Waals surface area contributed by atoms with Crippen molar-refractivity contribution < 1.29 is 0 Å². The Kier molecular flexibility index (Phi) is 11.1. The van der Waals surface area contributed by atoms with Crippen molar-refractivity contribution >= 4 is 52.9 Å². The van der Waals surface area contributed by atoms with Crippen molar-refractivity contribution in [3.05, 3.63) is 45.1 Å². The van der Waals surface area contributed by atoms with Gasteiger partial charge in [-0.25, -0.2) is 9.97 Å². The fourth-order valence-electron chi connectivity index (χ4n) is 2.21. The zero-order valence-electron chi connectivity index (χ0n) is 15.5. The molecule has 0 aromatic carbocycles. The van der Waals surface area contributed by atoms with Gasteiger partial charge in [0.2, 0.25) is 0 Å². The Hall–Kier alpha value is -0.930. The number of hydrogen-bond acceptors (Lipinski definition) is 4. The van der Waals surface area contributed by atoms with Crippen molar-refractivity contribution in [2.45, 2.75) is 39.5 Å². The Morgan fingerprint density at radius 3 is 2.69 bits per heavy atom. The quantitative estimate of drug-likeness (QED) is 0.242. The molecule has 8 heteroatoms. The standard InChI is InChI=1S/C18H26ClN5S.HI/c1-4-20-18(21-9-7-14-5-6-16(19)23-11-14)22-10-8-15-12-25-17(24-15)13(2)3;/h5-6,11-13H,4,7-10H2,1-3H3,(H2,20,21,22);1H. The molecule has 0 fully saturated rings. The fourth-order valence-corrected chi connectivity index (χ4v) is 3.19. The Labute approximate surface area is 182 Å². The lowest BCUT2D eigenvalue weighted by Crippen LogP contribution is -2.38. The summed E-state index contributed by atoms with van der Waals surface area (Å²) in [5, 5.41) is 10.5. The molecule has 2 aromatic rings. The predicted octanol–water partition coefficient (Wildman–Crippen LogP) is 4.27. The SMILES string of the molecule is CCNC(=NCCc1csc(C(C)C)n1)NCCc1ccc(Cl)nc1.I. The van der Waals surface area contributed by atoms with Crippen molar-refractivity contribution in [1.29, 1.82) is 0 Å². The van der Waals surface area contributed by atoms with Crippen LogP contribution in [0.5, 0.6) is 0 Å². The van der Waals surface area contributed by atoms with Crippen LogP contribution in [-0.2, 0) is 12.8 Å². The largest absolute Gasteiger partial charge is 0.357 e. The number of nitrogens with one attached hydrogen (secondary N) is 2. The van der Waals surface area contributed by atoms with E-state index < -0.39 is 0 Å². The van der Waals surface area contributed by atoms with E-state index >= 15 is 0 Å². The van der Waals surface area contributed by atoms with Crippen molar-refractivity contribution in [2.75, 3.05) is 19.6 Å². The summed E-state index contributed by atoms with van der Waals surface area (Å²) < 4.78 is 0. The second-order valence-corrected chi connectivity index (χ2v) is 7.29. The van der Waals surface area contributed by atoms with E-state index in [0.29, 0.717) is 11.1 Å². The van der Waals surface area contributed by atoms with Crippen LogP contribution in [0.25, 0.3) is 0 Å². The molecule has 2 aromatic heterocycles. The van der Waals surface area contributed by atoms with Gasteiger partial charge in [0.05, 0.1) is 10.7 Å². The minimum atomic E-state index is 0. The number of nitrogens with zero attached hydrogens (tertiary/aromatic N) is 3. The van der Waals surface area contributed by atoms with Crippen molar-refractivity contribution in [2.24, 2.45) is 4.99 Å². The van der Waals surface area contributed by atoms with Gasteiger partial charge in [0, 0.05) is 43.5 Å². The number of aromatic nitrogens is 2. The third-order valence-electron chi connectivity index (χ3n) is 3.54. The first-order valence-electron chi connectivity index (χ1n) is 8.65. The lowest BCUT2D eigenvalue weighted by Gasteiger charge is -2.11. The molecule has 144 valence electrons. The van der Waals surface area contributed by atoms with Gasteiger partial charge >= 0.3 is 0 Å². The average molecular weight is 508 g/mol. The molecular formula is C18H27ClIN5S. The third-order valence-corrected chi connectivity index (χ3v) is 4.96. The monoisotopic (exact) mass is 507 g/mol. The van der Waals surface area contributed by atoms with Crippen LogP contribution in [-0.4, -0.2) is 35.6 Å². The van der Waals surface area contributed by atoms with Crippen LogP contribution in [0.4, 0.5) is 0 Å². The molecule has 2 N–H and O–H groups in total. The third kappa shape index (κ3) is 8.18. The first kappa shape index (κ1) is 23.1. The molecular weight excluding hydrogens is 481 g/mol. The summed E-state index contributed by atoms with van der Waals surface area (Å²) >= 11 is 7.54. The van der Waals surface area contributed by atoms with Gasteiger partial charge in [-0.05, 0) is 25.0 Å². The molecule has 0 spiro atoms. The van der Waals surface area contributed by atoms with Gasteiger partial charge in [-0.3, -0.25) is 4.99 Å². The summed E-state index contributed by atoms with van der Waals surface area (Å²) in [6, 6.07) is 3.81. The maximum Gasteiger partial charge on any atom is 0.191 e. The zero-order chi connectivity index (χ0) is 18.1. The molecule has 0 bridgehead atoms. The first-order valence-corrected chi connectivity index (χ1v) is 9.91. The number of halogens is 2. The highest BCUT2D eigenvalue weighted by Crippen LogP contribution is 2.19. The lowest BCUT2D eigenvalue weighted by atomic mass is 10.2. The van der Waals surface area contributed by atoms with Crippen LogP contribution >= 0.6 is 46.9 Å². The van der Waals surface area contributed by atoms with Crippen molar-refractivity contribution in [1.82, 2.24) is 20.6 Å². The van der Waals surface area contributed by atoms with Gasteiger partial charge in [0.1, 0.15) is 5.15 Å². The summed E-state index contributed by atoms with van der Waals surface area (Å²) in [6.45, 7) is 8.76. The highest BCUT2D eigenvalue weighted by atomic mass is 127. The Balaban J connectivity index is 0.00000338. The smallest absolute Gasteiger partial charge is 0.191 e. The van der Waals surface area contributed by atoms with Crippen LogP contribution in [0.15, 0.2) is 28.7 Å². The van der Waals surface area contributed by atoms with Gasteiger partial charge in [0.25, 0.3) is 0 Å². The summed E-state index contributed by atoms with van der Waals surface area (Å²) in [6.07, 6.45) is 3.54. The second kappa shape index (κ2) is 12.5. The van der Waals surface area contributed by atoms with Crippen LogP contribution in [0.2, 0.25) is 5.15 Å². The fraction of sp³-hybridized carbons (Fsp3) is 0.500. The van der Waals surface area contributed by atoms with E-state index in [1.165, 1.54) is 5.01 Å². The molecule has 0 saturated heterocycles. The molecule has 0 radical (unpaired) electrons. The highest BCUT2D eigenvalue weighted by Gasteiger charge is 2.05. The maximum absolute atomic E-state index is 5.80. The molecule has 0 amide bonds. The number of pyridine rings is 1. The van der Waals surface area contributed by atoms with Gasteiger partial charge < -0.3 is 10.6 Å². The van der Waals surface area contributed by atoms with Gasteiger partial charge in [-0.1, -0.05) is 31.5 Å². The van der Waals surface area contributed by atoms with Gasteiger partial charge in [0.15, 0.2) is 5.96 Å². The minimum absolute atomic E-state index is 0. The van der Waals surface area contributed by atoms with Crippen LogP contribution in [0, 0.1) is 0 Å². The molecule has 0 unspecified atom stereocenters. The minimum Gasteiger partial charge on any atom is -0.357 e. The molecule has 0 aliphatic heterocycles. The lowest BCUT2D eigenvalue weighted by molar-refractivity contribution is 0.790. The molecule has 0 aliphatic rings. The molecule has 2 rings (SSSR count). The zero-order valence-corrected chi connectivity index (χ0v) is 19.4. The number of guanidine groups is 1. The Morgan fingerprint density at radius 1 is 1.27 bits per heavy atom. The summed E-state index contributed by atoms with van der Waals surface area (Å²) in [5.41, 5.74) is 2.27. The van der Waals surface area contributed by atoms with Crippen molar-refractivity contribution in [3.63, 3.8) is 0 Å². The molecule has 26 heavy (non-hydrogen) atoms. The van der Waals surface area contributed by atoms with E-state index in [1.54, 1.807) is 11.3 Å². The molecule has 0 aliphatic carbocycles. The van der Waals surface area contributed by atoms with E-state index in [-0.39, 0.29) is 24.0 Å². The number of rotatable bonds is 8.